The van der Waals surface area contributed by atoms with Crippen molar-refractivity contribution in [2.45, 2.75) is 39.5 Å². The van der Waals surface area contributed by atoms with Crippen LogP contribution in [-0.2, 0) is 6.42 Å². The monoisotopic (exact) mass is 481 g/mol. The van der Waals surface area contributed by atoms with Crippen molar-refractivity contribution in [2.75, 3.05) is 13.7 Å². The molecule has 184 valence electrons. The van der Waals surface area contributed by atoms with Crippen LogP contribution in [0.5, 0.6) is 5.75 Å². The lowest BCUT2D eigenvalue weighted by Crippen LogP contribution is -2.24. The third-order valence-corrected chi connectivity index (χ3v) is 6.26. The van der Waals surface area contributed by atoms with Crippen LogP contribution < -0.4 is 10.1 Å². The third-order valence-electron chi connectivity index (χ3n) is 6.26. The van der Waals surface area contributed by atoms with Crippen LogP contribution in [0, 0.1) is 0 Å². The van der Waals surface area contributed by atoms with Gasteiger partial charge in [0.25, 0.3) is 5.91 Å². The smallest absolute Gasteiger partial charge is 0.252 e. The number of hydrogen-bond donors (Lipinski definition) is 1. The van der Waals surface area contributed by atoms with Crippen LogP contribution >= 0.6 is 0 Å². The molecule has 6 nitrogen and oxygen atoms in total. The lowest BCUT2D eigenvalue weighted by Gasteiger charge is -2.15. The second kappa shape index (κ2) is 11.6. The molecule has 0 spiro atoms. The van der Waals surface area contributed by atoms with Crippen molar-refractivity contribution in [2.24, 2.45) is 0 Å². The number of amides is 1. The highest BCUT2D eigenvalue weighted by molar-refractivity contribution is 6.02. The number of rotatable bonds is 10. The Morgan fingerprint density at radius 3 is 2.44 bits per heavy atom. The zero-order valence-electron chi connectivity index (χ0n) is 21.0. The topological polar surface area (TPSA) is 81.2 Å². The van der Waals surface area contributed by atoms with E-state index in [1.807, 2.05) is 43.3 Å². The van der Waals surface area contributed by atoms with Crippen LogP contribution in [0.15, 0.2) is 67.0 Å². The molecule has 2 aromatic heterocycles. The highest BCUT2D eigenvalue weighted by atomic mass is 16.5. The van der Waals surface area contributed by atoms with E-state index in [1.54, 1.807) is 25.6 Å². The van der Waals surface area contributed by atoms with Gasteiger partial charge in [-0.15, -0.1) is 0 Å². The molecular formula is C30H31N3O3. The van der Waals surface area contributed by atoms with Gasteiger partial charge in [-0.05, 0) is 42.2 Å². The maximum Gasteiger partial charge on any atom is 0.252 e. The first-order chi connectivity index (χ1) is 17.5. The SMILES string of the molecule is CCCCNC(=O)c1ccc(-c2cc3c(Cc4ccccc4)c(C(=O)CC)cnc3cc2OC)nc1. The third kappa shape index (κ3) is 5.43. The minimum atomic E-state index is -0.134. The molecule has 0 aliphatic rings. The number of benzene rings is 2. The predicted molar refractivity (Wildman–Crippen MR) is 143 cm³/mol. The molecule has 0 fully saturated rings. The van der Waals surface area contributed by atoms with E-state index < -0.39 is 0 Å². The fourth-order valence-electron chi connectivity index (χ4n) is 4.23. The molecule has 2 aromatic carbocycles. The van der Waals surface area contributed by atoms with Crippen molar-refractivity contribution >= 4 is 22.6 Å². The Morgan fingerprint density at radius 2 is 1.78 bits per heavy atom. The Morgan fingerprint density at radius 1 is 0.972 bits per heavy atom. The minimum absolute atomic E-state index is 0.0595. The summed E-state index contributed by atoms with van der Waals surface area (Å²) < 4.78 is 5.68. The molecule has 1 N–H and O–H groups in total. The molecule has 36 heavy (non-hydrogen) atoms. The van der Waals surface area contributed by atoms with Gasteiger partial charge >= 0.3 is 0 Å². The first-order valence-corrected chi connectivity index (χ1v) is 12.4. The fraction of sp³-hybridized carbons (Fsp3) is 0.267. The molecule has 0 aliphatic carbocycles. The Labute approximate surface area is 211 Å². The highest BCUT2D eigenvalue weighted by Crippen LogP contribution is 2.35. The summed E-state index contributed by atoms with van der Waals surface area (Å²) in [5.74, 6) is 0.553. The first kappa shape index (κ1) is 25.0. The fourth-order valence-corrected chi connectivity index (χ4v) is 4.23. The van der Waals surface area contributed by atoms with Gasteiger partial charge in [0.15, 0.2) is 5.78 Å². The van der Waals surface area contributed by atoms with Crippen LogP contribution in [0.2, 0.25) is 0 Å². The number of fused-ring (bicyclic) bond motifs is 1. The Balaban J connectivity index is 1.80. The van der Waals surface area contributed by atoms with E-state index in [0.29, 0.717) is 42.0 Å². The summed E-state index contributed by atoms with van der Waals surface area (Å²) in [5, 5.41) is 3.80. The van der Waals surface area contributed by atoms with Gasteiger partial charge in [0, 0.05) is 47.9 Å². The zero-order chi connectivity index (χ0) is 25.5. The van der Waals surface area contributed by atoms with Crippen molar-refractivity contribution in [3.8, 4) is 17.0 Å². The maximum absolute atomic E-state index is 12.8. The summed E-state index contributed by atoms with van der Waals surface area (Å²) in [6, 6.07) is 17.6. The van der Waals surface area contributed by atoms with Crippen LogP contribution in [0.4, 0.5) is 0 Å². The number of aromatic nitrogens is 2. The van der Waals surface area contributed by atoms with E-state index in [4.69, 9.17) is 4.74 Å². The minimum Gasteiger partial charge on any atom is -0.496 e. The predicted octanol–water partition coefficient (Wildman–Crippen LogP) is 6.02. The summed E-state index contributed by atoms with van der Waals surface area (Å²) in [6.07, 6.45) is 6.23. The number of Topliss-reactive ketones (excluding diaryl/α,β-unsaturated/α-hetero) is 1. The molecule has 1 amide bonds. The molecule has 0 unspecified atom stereocenters. The second-order valence-corrected chi connectivity index (χ2v) is 8.70. The molecule has 4 rings (SSSR count). The Kier molecular flexibility index (Phi) is 8.06. The van der Waals surface area contributed by atoms with Gasteiger partial charge in [-0.25, -0.2) is 0 Å². The molecule has 0 saturated carbocycles. The number of nitrogens with zero attached hydrogens (tertiary/aromatic N) is 2. The van der Waals surface area contributed by atoms with Gasteiger partial charge in [0.05, 0.1) is 23.9 Å². The first-order valence-electron chi connectivity index (χ1n) is 12.4. The second-order valence-electron chi connectivity index (χ2n) is 8.70. The number of pyridine rings is 2. The number of hydrogen-bond acceptors (Lipinski definition) is 5. The van der Waals surface area contributed by atoms with Crippen molar-refractivity contribution in [3.05, 3.63) is 89.2 Å². The number of carbonyl (C=O) groups is 2. The largest absolute Gasteiger partial charge is 0.496 e. The van der Waals surface area contributed by atoms with E-state index in [1.165, 1.54) is 0 Å². The molecule has 2 heterocycles. The van der Waals surface area contributed by atoms with Gasteiger partial charge in [-0.3, -0.25) is 19.6 Å². The molecule has 0 saturated heterocycles. The van der Waals surface area contributed by atoms with E-state index >= 15 is 0 Å². The summed E-state index contributed by atoms with van der Waals surface area (Å²) in [6.45, 7) is 4.59. The lowest BCUT2D eigenvalue weighted by atomic mass is 9.92. The zero-order valence-corrected chi connectivity index (χ0v) is 21.0. The van der Waals surface area contributed by atoms with Gasteiger partial charge in [0.2, 0.25) is 0 Å². The molecule has 6 heteroatoms. The van der Waals surface area contributed by atoms with Crippen molar-refractivity contribution in [1.82, 2.24) is 15.3 Å². The molecule has 0 atom stereocenters. The van der Waals surface area contributed by atoms with E-state index in [9.17, 15) is 9.59 Å². The highest BCUT2D eigenvalue weighted by Gasteiger charge is 2.18. The number of methoxy groups -OCH3 is 1. The van der Waals surface area contributed by atoms with E-state index in [2.05, 4.69) is 34.3 Å². The van der Waals surface area contributed by atoms with Gasteiger partial charge in [-0.2, -0.15) is 0 Å². The number of nitrogens with one attached hydrogen (secondary N) is 1. The van der Waals surface area contributed by atoms with Crippen molar-refractivity contribution in [1.29, 1.82) is 0 Å². The quantitative estimate of drug-likeness (QED) is 0.221. The summed E-state index contributed by atoms with van der Waals surface area (Å²) in [5.41, 5.74) is 5.41. The summed E-state index contributed by atoms with van der Waals surface area (Å²) >= 11 is 0. The maximum atomic E-state index is 12.8. The van der Waals surface area contributed by atoms with E-state index in [0.717, 1.165) is 40.4 Å². The number of ketones is 1. The average Bonchev–Trinajstić information content (AvgIpc) is 2.92. The Hall–Kier alpha value is -4.06. The van der Waals surface area contributed by atoms with E-state index in [-0.39, 0.29) is 11.7 Å². The van der Waals surface area contributed by atoms with Crippen molar-refractivity contribution in [3.63, 3.8) is 0 Å². The van der Waals surface area contributed by atoms with Gasteiger partial charge < -0.3 is 10.1 Å². The molecule has 4 aromatic rings. The molecule has 0 radical (unpaired) electrons. The van der Waals surface area contributed by atoms with Crippen molar-refractivity contribution < 1.29 is 14.3 Å². The summed E-state index contributed by atoms with van der Waals surface area (Å²) in [4.78, 5) is 34.4. The normalized spacial score (nSPS) is 10.9. The van der Waals surface area contributed by atoms with Crippen LogP contribution in [0.3, 0.4) is 0 Å². The number of carbonyl (C=O) groups excluding carboxylic acids is 2. The van der Waals surface area contributed by atoms with Crippen LogP contribution in [-0.4, -0.2) is 35.3 Å². The molecule has 0 aliphatic heterocycles. The van der Waals surface area contributed by atoms with Crippen LogP contribution in [0.1, 0.15) is 65.0 Å². The number of ether oxygens (including phenoxy) is 1. The number of unbranched alkanes of at least 4 members (excludes halogenated alkanes) is 1. The lowest BCUT2D eigenvalue weighted by molar-refractivity contribution is 0.0951. The molecular weight excluding hydrogens is 450 g/mol. The Bertz CT molecular complexity index is 1370. The van der Waals surface area contributed by atoms with Crippen LogP contribution in [0.25, 0.3) is 22.2 Å². The van der Waals surface area contributed by atoms with Gasteiger partial charge in [0.1, 0.15) is 5.75 Å². The molecule has 0 bridgehead atoms. The van der Waals surface area contributed by atoms with Gasteiger partial charge in [-0.1, -0.05) is 50.6 Å². The average molecular weight is 482 g/mol. The summed E-state index contributed by atoms with van der Waals surface area (Å²) in [7, 11) is 1.61. The standard InChI is InChI=1S/C30H31N3O3/c1-4-6-14-31-30(35)21-12-13-26(32-18-21)24-16-23-22(15-20-10-8-7-9-11-20)25(28(34)5-2)19-33-27(23)17-29(24)36-3/h7-13,16-19H,4-6,14-15H2,1-3H3,(H,31,35).